The summed E-state index contributed by atoms with van der Waals surface area (Å²) in [7, 11) is 0. The van der Waals surface area contributed by atoms with Crippen molar-refractivity contribution in [2.75, 3.05) is 25.4 Å². The lowest BCUT2D eigenvalue weighted by Gasteiger charge is -2.45. The van der Waals surface area contributed by atoms with Gasteiger partial charge in [-0.1, -0.05) is 6.07 Å². The van der Waals surface area contributed by atoms with Gasteiger partial charge in [-0.3, -0.25) is 14.5 Å². The summed E-state index contributed by atoms with van der Waals surface area (Å²) in [5.74, 6) is 0.315. The summed E-state index contributed by atoms with van der Waals surface area (Å²) in [6.07, 6.45) is 5.58. The monoisotopic (exact) mass is 390 g/mol. The molecule has 2 aromatic heterocycles. The van der Waals surface area contributed by atoms with Crippen LogP contribution in [0.15, 0.2) is 35.5 Å². The second kappa shape index (κ2) is 6.12. The molecule has 29 heavy (non-hydrogen) atoms. The molecule has 0 bridgehead atoms. The molecule has 2 aliphatic heterocycles. The molecule has 148 valence electrons. The molecule has 1 fully saturated rings. The lowest BCUT2D eigenvalue weighted by atomic mass is 9.96. The third kappa shape index (κ3) is 2.87. The van der Waals surface area contributed by atoms with Crippen molar-refractivity contribution < 1.29 is 9.90 Å². The van der Waals surface area contributed by atoms with Gasteiger partial charge in [0.15, 0.2) is 0 Å². The molecular weight excluding hydrogens is 368 g/mol. The SMILES string of the molecule is CC(C(=O)N1CC(C)(O)C1)n1cc2c(N)nc3cc(C4=CC=NC4)ccc3c2n1. The zero-order valence-electron chi connectivity index (χ0n) is 16.3. The summed E-state index contributed by atoms with van der Waals surface area (Å²) < 4.78 is 1.64. The van der Waals surface area contributed by atoms with Crippen LogP contribution in [0.5, 0.6) is 0 Å². The Bertz CT molecular complexity index is 1210. The Balaban J connectivity index is 1.53. The third-order valence-corrected chi connectivity index (χ3v) is 5.64. The van der Waals surface area contributed by atoms with Crippen molar-refractivity contribution in [3.63, 3.8) is 0 Å². The van der Waals surface area contributed by atoms with Crippen LogP contribution in [-0.2, 0) is 4.79 Å². The number of nitrogen functional groups attached to an aromatic ring is 1. The fourth-order valence-corrected chi connectivity index (χ4v) is 4.03. The Morgan fingerprint density at radius 3 is 2.79 bits per heavy atom. The number of aliphatic hydroxyl groups is 1. The number of benzene rings is 1. The average molecular weight is 390 g/mol. The number of allylic oxidation sites excluding steroid dienone is 1. The first-order valence-electron chi connectivity index (χ1n) is 9.61. The summed E-state index contributed by atoms with van der Waals surface area (Å²) in [6, 6.07) is 5.54. The van der Waals surface area contributed by atoms with Crippen molar-refractivity contribution in [2.24, 2.45) is 4.99 Å². The lowest BCUT2D eigenvalue weighted by molar-refractivity contribution is -0.155. The summed E-state index contributed by atoms with van der Waals surface area (Å²) in [5.41, 5.74) is 9.12. The van der Waals surface area contributed by atoms with E-state index in [1.54, 1.807) is 29.6 Å². The number of amides is 1. The number of carbonyl (C=O) groups excluding carboxylic acids is 1. The first-order chi connectivity index (χ1) is 13.8. The molecular formula is C21H22N6O2. The number of nitrogens with zero attached hydrogens (tertiary/aromatic N) is 5. The Morgan fingerprint density at radius 2 is 2.10 bits per heavy atom. The molecule has 0 spiro atoms. The van der Waals surface area contributed by atoms with Crippen molar-refractivity contribution in [3.05, 3.63) is 36.0 Å². The van der Waals surface area contributed by atoms with E-state index in [9.17, 15) is 9.90 Å². The smallest absolute Gasteiger partial charge is 0.247 e. The van der Waals surface area contributed by atoms with Crippen LogP contribution in [-0.4, -0.2) is 62.1 Å². The highest BCUT2D eigenvalue weighted by Gasteiger charge is 2.41. The van der Waals surface area contributed by atoms with Crippen LogP contribution in [0.2, 0.25) is 0 Å². The standard InChI is InChI=1S/C21H22N6O2/c1-12(20(28)26-10-21(2,29)11-26)27-9-16-18(25-27)15-4-3-13(14-5-6-23-8-14)7-17(15)24-19(16)22/h3-7,9,12,29H,8,10-11H2,1-2H3,(H2,22,24). The van der Waals surface area contributed by atoms with E-state index in [1.807, 2.05) is 30.5 Å². The summed E-state index contributed by atoms with van der Waals surface area (Å²) >= 11 is 0. The van der Waals surface area contributed by atoms with Crippen LogP contribution in [0.4, 0.5) is 5.82 Å². The average Bonchev–Trinajstić information content (AvgIpc) is 3.34. The zero-order valence-corrected chi connectivity index (χ0v) is 16.3. The number of nitrogens with two attached hydrogens (primary N) is 1. The maximum Gasteiger partial charge on any atom is 0.247 e. The van der Waals surface area contributed by atoms with E-state index in [1.165, 1.54) is 0 Å². The van der Waals surface area contributed by atoms with Crippen molar-refractivity contribution in [1.29, 1.82) is 0 Å². The summed E-state index contributed by atoms with van der Waals surface area (Å²) in [5, 5.41) is 16.2. The second-order valence-electron chi connectivity index (χ2n) is 8.15. The molecule has 4 heterocycles. The van der Waals surface area contributed by atoms with Gasteiger partial charge in [0.2, 0.25) is 5.91 Å². The van der Waals surface area contributed by atoms with Crippen molar-refractivity contribution in [3.8, 4) is 0 Å². The van der Waals surface area contributed by atoms with Crippen molar-refractivity contribution in [2.45, 2.75) is 25.5 Å². The molecule has 3 N–H and O–H groups in total. The van der Waals surface area contributed by atoms with Gasteiger partial charge in [-0.15, -0.1) is 0 Å². The Hall–Kier alpha value is -3.26. The molecule has 8 nitrogen and oxygen atoms in total. The highest BCUT2D eigenvalue weighted by atomic mass is 16.3. The molecule has 0 radical (unpaired) electrons. The normalized spacial score (nSPS) is 18.9. The number of aromatic nitrogens is 3. The van der Waals surface area contributed by atoms with E-state index in [4.69, 9.17) is 5.73 Å². The fourth-order valence-electron chi connectivity index (χ4n) is 4.03. The summed E-state index contributed by atoms with van der Waals surface area (Å²) in [4.78, 5) is 23.2. The molecule has 1 unspecified atom stereocenters. The molecule has 8 heteroatoms. The number of rotatable bonds is 3. The number of pyridine rings is 1. The molecule has 3 aromatic rings. The number of fused-ring (bicyclic) bond motifs is 3. The maximum absolute atomic E-state index is 12.7. The molecule has 2 aliphatic rings. The van der Waals surface area contributed by atoms with Gasteiger partial charge in [-0.2, -0.15) is 5.10 Å². The van der Waals surface area contributed by atoms with Crippen molar-refractivity contribution in [1.82, 2.24) is 19.7 Å². The third-order valence-electron chi connectivity index (χ3n) is 5.64. The zero-order chi connectivity index (χ0) is 20.3. The van der Waals surface area contributed by atoms with Gasteiger partial charge >= 0.3 is 0 Å². The highest BCUT2D eigenvalue weighted by molar-refractivity contribution is 6.08. The quantitative estimate of drug-likeness (QED) is 0.709. The minimum Gasteiger partial charge on any atom is -0.386 e. The van der Waals surface area contributed by atoms with Gasteiger partial charge in [0.25, 0.3) is 0 Å². The van der Waals surface area contributed by atoms with Gasteiger partial charge in [-0.05, 0) is 43.2 Å². The topological polar surface area (TPSA) is 110 Å². The number of β-amino-alcohol motifs (C(OH)–C–C–N with tert-alkyl or cyclic N) is 1. The molecule has 0 saturated carbocycles. The van der Waals surface area contributed by atoms with E-state index >= 15 is 0 Å². The van der Waals surface area contributed by atoms with Gasteiger partial charge in [0.1, 0.15) is 17.4 Å². The highest BCUT2D eigenvalue weighted by Crippen LogP contribution is 2.31. The van der Waals surface area contributed by atoms with Crippen LogP contribution in [0.3, 0.4) is 0 Å². The number of likely N-dealkylation sites (tertiary alicyclic amines) is 1. The summed E-state index contributed by atoms with van der Waals surface area (Å²) in [6.45, 7) is 4.88. The minimum absolute atomic E-state index is 0.0735. The predicted octanol–water partition coefficient (Wildman–Crippen LogP) is 1.79. The van der Waals surface area contributed by atoms with Crippen LogP contribution >= 0.6 is 0 Å². The molecule has 0 aliphatic carbocycles. The first kappa shape index (κ1) is 17.8. The minimum atomic E-state index is -0.799. The maximum atomic E-state index is 12.7. The molecule has 5 rings (SSSR count). The lowest BCUT2D eigenvalue weighted by Crippen LogP contribution is -2.62. The number of aliphatic imine (C=N–C) groups is 1. The van der Waals surface area contributed by atoms with Crippen LogP contribution < -0.4 is 5.73 Å². The molecule has 1 saturated heterocycles. The van der Waals surface area contributed by atoms with Gasteiger partial charge in [-0.25, -0.2) is 4.98 Å². The predicted molar refractivity (Wildman–Crippen MR) is 113 cm³/mol. The van der Waals surface area contributed by atoms with Crippen LogP contribution in [0, 0.1) is 0 Å². The van der Waals surface area contributed by atoms with Crippen LogP contribution in [0.1, 0.15) is 25.5 Å². The van der Waals surface area contributed by atoms with E-state index in [-0.39, 0.29) is 5.91 Å². The Kier molecular flexibility index (Phi) is 3.76. The first-order valence-corrected chi connectivity index (χ1v) is 9.61. The number of hydrogen-bond acceptors (Lipinski definition) is 6. The van der Waals surface area contributed by atoms with Gasteiger partial charge in [0.05, 0.1) is 36.1 Å². The van der Waals surface area contributed by atoms with Gasteiger partial charge < -0.3 is 15.7 Å². The van der Waals surface area contributed by atoms with Crippen molar-refractivity contribution >= 4 is 45.3 Å². The molecule has 1 amide bonds. The number of carbonyl (C=O) groups is 1. The van der Waals surface area contributed by atoms with Gasteiger partial charge in [0, 0.05) is 17.8 Å². The second-order valence-corrected chi connectivity index (χ2v) is 8.15. The number of hydrogen-bond donors (Lipinski definition) is 2. The van der Waals surface area contributed by atoms with E-state index in [0.29, 0.717) is 25.5 Å². The Labute approximate surface area is 167 Å². The van der Waals surface area contributed by atoms with E-state index in [2.05, 4.69) is 15.1 Å². The van der Waals surface area contributed by atoms with E-state index < -0.39 is 11.6 Å². The fraction of sp³-hybridized carbons (Fsp3) is 0.333. The molecule has 1 aromatic carbocycles. The Morgan fingerprint density at radius 1 is 1.31 bits per heavy atom. The van der Waals surface area contributed by atoms with E-state index in [0.717, 1.165) is 32.9 Å². The number of anilines is 1. The largest absolute Gasteiger partial charge is 0.386 e. The van der Waals surface area contributed by atoms with Crippen LogP contribution in [0.25, 0.3) is 27.4 Å². The molecule has 1 atom stereocenters.